The number of para-hydroxylation sites is 1. The highest BCUT2D eigenvalue weighted by molar-refractivity contribution is 7.89. The first-order chi connectivity index (χ1) is 11.0. The van der Waals surface area contributed by atoms with Crippen LogP contribution in [0.1, 0.15) is 5.56 Å². The Morgan fingerprint density at radius 1 is 1.04 bits per heavy atom. The topological polar surface area (TPSA) is 59.1 Å². The zero-order chi connectivity index (χ0) is 16.4. The van der Waals surface area contributed by atoms with Crippen LogP contribution in [-0.4, -0.2) is 13.4 Å². The van der Waals surface area contributed by atoms with Gasteiger partial charge in [0.05, 0.1) is 5.52 Å². The third-order valence-electron chi connectivity index (χ3n) is 3.35. The molecule has 0 atom stereocenters. The van der Waals surface area contributed by atoms with Gasteiger partial charge in [0.2, 0.25) is 10.0 Å². The zero-order valence-corrected chi connectivity index (χ0v) is 14.2. The zero-order valence-electron chi connectivity index (χ0n) is 11.8. The van der Waals surface area contributed by atoms with Gasteiger partial charge in [-0.05, 0) is 29.8 Å². The fourth-order valence-corrected chi connectivity index (χ4v) is 3.87. The van der Waals surface area contributed by atoms with Crippen molar-refractivity contribution in [3.63, 3.8) is 0 Å². The van der Waals surface area contributed by atoms with E-state index in [0.29, 0.717) is 21.1 Å². The van der Waals surface area contributed by atoms with E-state index in [2.05, 4.69) is 9.71 Å². The van der Waals surface area contributed by atoms with Crippen molar-refractivity contribution < 1.29 is 8.42 Å². The molecular formula is C16H12Cl2N2O2S. The maximum atomic E-state index is 12.6. The SMILES string of the molecule is O=S(=O)(NCc1ccc(Cl)cc1Cl)c1cccc2cccnc12. The Bertz CT molecular complexity index is 969. The van der Waals surface area contributed by atoms with Gasteiger partial charge in [0, 0.05) is 28.2 Å². The number of halogens is 2. The van der Waals surface area contributed by atoms with Crippen molar-refractivity contribution in [2.75, 3.05) is 0 Å². The molecule has 2 aromatic carbocycles. The number of fused-ring (bicyclic) bond motifs is 1. The number of rotatable bonds is 4. The lowest BCUT2D eigenvalue weighted by Gasteiger charge is -2.10. The maximum Gasteiger partial charge on any atom is 0.243 e. The summed E-state index contributed by atoms with van der Waals surface area (Å²) in [6.07, 6.45) is 1.57. The number of benzene rings is 2. The van der Waals surface area contributed by atoms with Crippen molar-refractivity contribution in [1.82, 2.24) is 9.71 Å². The molecule has 0 aliphatic carbocycles. The molecule has 3 rings (SSSR count). The fourth-order valence-electron chi connectivity index (χ4n) is 2.21. The van der Waals surface area contributed by atoms with E-state index in [1.807, 2.05) is 12.1 Å². The van der Waals surface area contributed by atoms with Gasteiger partial charge >= 0.3 is 0 Å². The smallest absolute Gasteiger partial charge is 0.243 e. The van der Waals surface area contributed by atoms with Crippen molar-refractivity contribution in [2.45, 2.75) is 11.4 Å². The minimum absolute atomic E-state index is 0.0710. The molecule has 0 aliphatic rings. The summed E-state index contributed by atoms with van der Waals surface area (Å²) in [5.74, 6) is 0. The standard InChI is InChI=1S/C16H12Cl2N2O2S/c17-13-7-6-12(14(18)9-13)10-20-23(21,22)15-5-1-3-11-4-2-8-19-16(11)15/h1-9,20H,10H2. The molecule has 0 spiro atoms. The van der Waals surface area contributed by atoms with Crippen LogP contribution in [0.4, 0.5) is 0 Å². The van der Waals surface area contributed by atoms with Crippen LogP contribution in [0.15, 0.2) is 59.6 Å². The Morgan fingerprint density at radius 3 is 2.61 bits per heavy atom. The molecule has 7 heteroatoms. The van der Waals surface area contributed by atoms with Gasteiger partial charge in [-0.3, -0.25) is 4.98 Å². The van der Waals surface area contributed by atoms with Gasteiger partial charge in [0.25, 0.3) is 0 Å². The van der Waals surface area contributed by atoms with Crippen LogP contribution in [0, 0.1) is 0 Å². The van der Waals surface area contributed by atoms with Crippen molar-refractivity contribution in [3.05, 3.63) is 70.3 Å². The third-order valence-corrected chi connectivity index (χ3v) is 5.37. The summed E-state index contributed by atoms with van der Waals surface area (Å²) in [5.41, 5.74) is 1.08. The quantitative estimate of drug-likeness (QED) is 0.758. The first-order valence-corrected chi connectivity index (χ1v) is 8.98. The number of hydrogen-bond acceptors (Lipinski definition) is 3. The molecule has 0 aliphatic heterocycles. The second-order valence-corrected chi connectivity index (χ2v) is 7.47. The summed E-state index contributed by atoms with van der Waals surface area (Å²) >= 11 is 11.9. The molecule has 0 unspecified atom stereocenters. The molecule has 1 heterocycles. The Hall–Kier alpha value is -1.66. The van der Waals surface area contributed by atoms with Gasteiger partial charge in [-0.15, -0.1) is 0 Å². The Morgan fingerprint density at radius 2 is 1.83 bits per heavy atom. The summed E-state index contributed by atoms with van der Waals surface area (Å²) in [6, 6.07) is 13.5. The van der Waals surface area contributed by atoms with Crippen LogP contribution in [0.3, 0.4) is 0 Å². The molecule has 23 heavy (non-hydrogen) atoms. The number of aromatic nitrogens is 1. The summed E-state index contributed by atoms with van der Waals surface area (Å²) in [6.45, 7) is 0.0710. The minimum Gasteiger partial charge on any atom is -0.255 e. The summed E-state index contributed by atoms with van der Waals surface area (Å²) in [4.78, 5) is 4.31. The summed E-state index contributed by atoms with van der Waals surface area (Å²) in [5, 5.41) is 1.68. The van der Waals surface area contributed by atoms with Crippen molar-refractivity contribution in [3.8, 4) is 0 Å². The first kappa shape index (κ1) is 16.2. The largest absolute Gasteiger partial charge is 0.255 e. The van der Waals surface area contributed by atoms with Gasteiger partial charge in [-0.2, -0.15) is 0 Å². The molecule has 3 aromatic rings. The molecule has 1 aromatic heterocycles. The van der Waals surface area contributed by atoms with Crippen LogP contribution < -0.4 is 4.72 Å². The molecule has 0 amide bonds. The normalized spacial score (nSPS) is 11.7. The Balaban J connectivity index is 1.92. The van der Waals surface area contributed by atoms with E-state index in [4.69, 9.17) is 23.2 Å². The molecule has 0 radical (unpaired) electrons. The number of sulfonamides is 1. The van der Waals surface area contributed by atoms with E-state index in [9.17, 15) is 8.42 Å². The second-order valence-electron chi connectivity index (χ2n) is 4.89. The van der Waals surface area contributed by atoms with Crippen molar-refractivity contribution in [2.24, 2.45) is 0 Å². The van der Waals surface area contributed by atoms with Gasteiger partial charge in [0.15, 0.2) is 0 Å². The molecular weight excluding hydrogens is 355 g/mol. The predicted molar refractivity (Wildman–Crippen MR) is 92.2 cm³/mol. The van der Waals surface area contributed by atoms with Crippen LogP contribution in [0.25, 0.3) is 10.9 Å². The molecule has 0 fully saturated rings. The maximum absolute atomic E-state index is 12.6. The number of nitrogens with one attached hydrogen (secondary N) is 1. The third kappa shape index (κ3) is 3.48. The highest BCUT2D eigenvalue weighted by Gasteiger charge is 2.18. The molecule has 0 saturated carbocycles. The van der Waals surface area contributed by atoms with Crippen LogP contribution in [0.5, 0.6) is 0 Å². The molecule has 118 valence electrons. The molecule has 0 saturated heterocycles. The van der Waals surface area contributed by atoms with E-state index in [-0.39, 0.29) is 11.4 Å². The van der Waals surface area contributed by atoms with Crippen molar-refractivity contribution in [1.29, 1.82) is 0 Å². The number of hydrogen-bond donors (Lipinski definition) is 1. The lowest BCUT2D eigenvalue weighted by Crippen LogP contribution is -2.23. The van der Waals surface area contributed by atoms with Gasteiger partial charge in [-0.25, -0.2) is 13.1 Å². The number of pyridine rings is 1. The lowest BCUT2D eigenvalue weighted by molar-refractivity contribution is 0.582. The molecule has 0 bridgehead atoms. The summed E-state index contributed by atoms with van der Waals surface area (Å²) < 4.78 is 27.7. The second kappa shape index (κ2) is 6.45. The fraction of sp³-hybridized carbons (Fsp3) is 0.0625. The highest BCUT2D eigenvalue weighted by Crippen LogP contribution is 2.23. The summed E-state index contributed by atoms with van der Waals surface area (Å²) in [7, 11) is -3.72. The average Bonchev–Trinajstić information content (AvgIpc) is 2.53. The predicted octanol–water partition coefficient (Wildman–Crippen LogP) is 4.02. The van der Waals surface area contributed by atoms with Crippen LogP contribution in [-0.2, 0) is 16.6 Å². The molecule has 4 nitrogen and oxygen atoms in total. The first-order valence-electron chi connectivity index (χ1n) is 6.75. The minimum atomic E-state index is -3.72. The van der Waals surface area contributed by atoms with Gasteiger partial charge in [0.1, 0.15) is 4.90 Å². The number of nitrogens with zero attached hydrogens (tertiary/aromatic N) is 1. The van der Waals surface area contributed by atoms with E-state index in [1.165, 1.54) is 6.07 Å². The lowest BCUT2D eigenvalue weighted by atomic mass is 10.2. The van der Waals surface area contributed by atoms with E-state index in [1.54, 1.807) is 36.5 Å². The van der Waals surface area contributed by atoms with Crippen LogP contribution in [0.2, 0.25) is 10.0 Å². The van der Waals surface area contributed by atoms with E-state index >= 15 is 0 Å². The molecule has 1 N–H and O–H groups in total. The Labute approximate surface area is 144 Å². The average molecular weight is 367 g/mol. The van der Waals surface area contributed by atoms with E-state index in [0.717, 1.165) is 5.39 Å². The van der Waals surface area contributed by atoms with Gasteiger partial charge in [-0.1, -0.05) is 47.5 Å². The monoisotopic (exact) mass is 366 g/mol. The van der Waals surface area contributed by atoms with Crippen LogP contribution >= 0.6 is 23.2 Å². The Kier molecular flexibility index (Phi) is 4.55. The van der Waals surface area contributed by atoms with Crippen molar-refractivity contribution >= 4 is 44.1 Å². The highest BCUT2D eigenvalue weighted by atomic mass is 35.5. The van der Waals surface area contributed by atoms with Gasteiger partial charge < -0.3 is 0 Å². The van der Waals surface area contributed by atoms with E-state index < -0.39 is 10.0 Å².